The lowest BCUT2D eigenvalue weighted by Gasteiger charge is -2.39. The molecule has 1 aromatic rings. The van der Waals surface area contributed by atoms with Crippen LogP contribution >= 0.6 is 0 Å². The third kappa shape index (κ3) is 6.34. The van der Waals surface area contributed by atoms with E-state index in [1.807, 2.05) is 9.80 Å². The summed E-state index contributed by atoms with van der Waals surface area (Å²) in [6.45, 7) is 5.45. The molecule has 0 unspecified atom stereocenters. The molecule has 0 radical (unpaired) electrons. The van der Waals surface area contributed by atoms with Crippen LogP contribution in [0.2, 0.25) is 0 Å². The van der Waals surface area contributed by atoms with E-state index in [9.17, 15) is 27.6 Å². The Morgan fingerprint density at radius 2 is 1.34 bits per heavy atom. The van der Waals surface area contributed by atoms with Crippen LogP contribution in [0.15, 0.2) is 24.3 Å². The Morgan fingerprint density at radius 1 is 0.743 bits per heavy atom. The minimum Gasteiger partial charge on any atom is -0.342 e. The highest BCUT2D eigenvalue weighted by Crippen LogP contribution is 2.29. The Kier molecular flexibility index (Phi) is 7.98. The van der Waals surface area contributed by atoms with Crippen LogP contribution in [0.5, 0.6) is 0 Å². The van der Waals surface area contributed by atoms with E-state index in [1.54, 1.807) is 4.90 Å². The number of halogens is 3. The van der Waals surface area contributed by atoms with Crippen LogP contribution in [0, 0.1) is 5.92 Å². The first-order chi connectivity index (χ1) is 16.7. The first-order valence-corrected chi connectivity index (χ1v) is 12.5. The number of hydrogen-bond donors (Lipinski definition) is 0. The number of benzene rings is 1. The third-order valence-electron chi connectivity index (χ3n) is 7.34. The number of piperidine rings is 2. The molecule has 0 aliphatic carbocycles. The summed E-state index contributed by atoms with van der Waals surface area (Å²) in [5.74, 6) is -0.201. The fraction of sp³-hybridized carbons (Fsp3) is 0.640. The van der Waals surface area contributed by atoms with E-state index in [-0.39, 0.29) is 29.2 Å². The highest BCUT2D eigenvalue weighted by atomic mass is 19.4. The van der Waals surface area contributed by atoms with Crippen LogP contribution in [0.1, 0.15) is 48.0 Å². The highest BCUT2D eigenvalue weighted by molar-refractivity contribution is 5.94. The molecule has 35 heavy (non-hydrogen) atoms. The van der Waals surface area contributed by atoms with Gasteiger partial charge in [-0.3, -0.25) is 19.3 Å². The van der Waals surface area contributed by atoms with Crippen molar-refractivity contribution in [3.8, 4) is 0 Å². The number of hydrogen-bond acceptors (Lipinski definition) is 4. The van der Waals surface area contributed by atoms with E-state index in [1.165, 1.54) is 18.6 Å². The summed E-state index contributed by atoms with van der Waals surface area (Å²) < 4.78 is 38.3. The van der Waals surface area contributed by atoms with Crippen LogP contribution in [0.25, 0.3) is 0 Å². The maximum Gasteiger partial charge on any atom is 0.416 e. The van der Waals surface area contributed by atoms with Gasteiger partial charge in [-0.05, 0) is 56.4 Å². The van der Waals surface area contributed by atoms with Crippen LogP contribution < -0.4 is 0 Å². The topological polar surface area (TPSA) is 64.2 Å². The van der Waals surface area contributed by atoms with Crippen LogP contribution in [0.3, 0.4) is 0 Å². The van der Waals surface area contributed by atoms with Crippen molar-refractivity contribution in [1.29, 1.82) is 0 Å². The van der Waals surface area contributed by atoms with Crippen molar-refractivity contribution in [2.45, 2.75) is 38.3 Å². The third-order valence-corrected chi connectivity index (χ3v) is 7.34. The molecule has 0 aromatic heterocycles. The van der Waals surface area contributed by atoms with E-state index in [2.05, 4.69) is 4.90 Å². The second kappa shape index (κ2) is 11.0. The van der Waals surface area contributed by atoms with Crippen molar-refractivity contribution in [3.63, 3.8) is 0 Å². The number of piperazine rings is 1. The molecule has 3 aliphatic rings. The van der Waals surface area contributed by atoms with Gasteiger partial charge in [-0.2, -0.15) is 13.2 Å². The molecule has 0 saturated carbocycles. The van der Waals surface area contributed by atoms with Gasteiger partial charge in [0.1, 0.15) is 0 Å². The zero-order valence-corrected chi connectivity index (χ0v) is 19.9. The highest BCUT2D eigenvalue weighted by Gasteiger charge is 2.33. The molecule has 3 heterocycles. The molecule has 0 N–H and O–H groups in total. The maximum absolute atomic E-state index is 13.0. The zero-order valence-electron chi connectivity index (χ0n) is 19.9. The molecule has 3 amide bonds. The van der Waals surface area contributed by atoms with E-state index < -0.39 is 11.7 Å². The largest absolute Gasteiger partial charge is 0.416 e. The van der Waals surface area contributed by atoms with Gasteiger partial charge in [0.05, 0.1) is 12.1 Å². The number of carbonyl (C=O) groups is 3. The predicted octanol–water partition coefficient (Wildman–Crippen LogP) is 2.71. The second-order valence-corrected chi connectivity index (χ2v) is 9.68. The van der Waals surface area contributed by atoms with Crippen LogP contribution in [-0.4, -0.2) is 96.2 Å². The first kappa shape index (κ1) is 25.5. The lowest BCUT2D eigenvalue weighted by molar-refractivity contribution is -0.140. The van der Waals surface area contributed by atoms with Gasteiger partial charge in [-0.15, -0.1) is 0 Å². The van der Waals surface area contributed by atoms with E-state index >= 15 is 0 Å². The molecule has 3 fully saturated rings. The number of rotatable bonds is 4. The monoisotopic (exact) mass is 494 g/mol. The second-order valence-electron chi connectivity index (χ2n) is 9.68. The quantitative estimate of drug-likeness (QED) is 0.646. The summed E-state index contributed by atoms with van der Waals surface area (Å²) in [6.07, 6.45) is -0.0232. The van der Waals surface area contributed by atoms with Gasteiger partial charge < -0.3 is 14.7 Å². The van der Waals surface area contributed by atoms with Crippen LogP contribution in [0.4, 0.5) is 13.2 Å². The van der Waals surface area contributed by atoms with Gasteiger partial charge in [0.25, 0.3) is 5.91 Å². The minimum absolute atomic E-state index is 0.0913. The van der Waals surface area contributed by atoms with Crippen molar-refractivity contribution < 1.29 is 27.6 Å². The van der Waals surface area contributed by atoms with E-state index in [4.69, 9.17) is 0 Å². The van der Waals surface area contributed by atoms with Gasteiger partial charge in [-0.25, -0.2) is 0 Å². The Bertz CT molecular complexity index is 900. The number of amides is 3. The summed E-state index contributed by atoms with van der Waals surface area (Å²) in [5, 5.41) is 0. The lowest BCUT2D eigenvalue weighted by atomic mass is 9.94. The summed E-state index contributed by atoms with van der Waals surface area (Å²) in [4.78, 5) is 45.8. The molecule has 3 saturated heterocycles. The molecule has 3 aliphatic heterocycles. The van der Waals surface area contributed by atoms with Crippen LogP contribution in [-0.2, 0) is 15.8 Å². The zero-order chi connectivity index (χ0) is 25.0. The number of likely N-dealkylation sites (tertiary alicyclic amines) is 2. The minimum atomic E-state index is -4.44. The molecular weight excluding hydrogens is 461 g/mol. The number of alkyl halides is 3. The average Bonchev–Trinajstić information content (AvgIpc) is 2.88. The smallest absolute Gasteiger partial charge is 0.342 e. The Balaban J connectivity index is 1.21. The van der Waals surface area contributed by atoms with Gasteiger partial charge in [0, 0.05) is 63.8 Å². The number of carbonyl (C=O) groups excluding carboxylic acids is 3. The number of nitrogens with zero attached hydrogens (tertiary/aromatic N) is 4. The van der Waals surface area contributed by atoms with Gasteiger partial charge in [-0.1, -0.05) is 0 Å². The molecule has 10 heteroatoms. The molecule has 1 aromatic carbocycles. The summed E-state index contributed by atoms with van der Waals surface area (Å²) in [5.41, 5.74) is -0.563. The molecular formula is C25H33F3N4O3. The molecule has 4 rings (SSSR count). The van der Waals surface area contributed by atoms with Crippen molar-refractivity contribution in [3.05, 3.63) is 35.4 Å². The molecule has 0 bridgehead atoms. The predicted molar refractivity (Wildman–Crippen MR) is 124 cm³/mol. The van der Waals surface area contributed by atoms with Crippen molar-refractivity contribution in [2.24, 2.45) is 5.92 Å². The fourth-order valence-electron chi connectivity index (χ4n) is 5.13. The summed E-state index contributed by atoms with van der Waals surface area (Å²) >= 11 is 0. The Morgan fingerprint density at radius 3 is 1.91 bits per heavy atom. The normalized spacial score (nSPS) is 20.7. The van der Waals surface area contributed by atoms with Gasteiger partial charge in [0.2, 0.25) is 11.8 Å². The van der Waals surface area contributed by atoms with Crippen molar-refractivity contribution in [1.82, 2.24) is 19.6 Å². The van der Waals surface area contributed by atoms with Gasteiger partial charge >= 0.3 is 6.18 Å². The average molecular weight is 495 g/mol. The van der Waals surface area contributed by atoms with E-state index in [0.29, 0.717) is 58.7 Å². The Labute approximate surface area is 203 Å². The fourth-order valence-corrected chi connectivity index (χ4v) is 5.13. The van der Waals surface area contributed by atoms with Crippen molar-refractivity contribution >= 4 is 17.7 Å². The van der Waals surface area contributed by atoms with E-state index in [0.717, 1.165) is 38.1 Å². The lowest BCUT2D eigenvalue weighted by Crippen LogP contribution is -2.54. The van der Waals surface area contributed by atoms with Gasteiger partial charge in [0.15, 0.2) is 0 Å². The molecule has 7 nitrogen and oxygen atoms in total. The summed E-state index contributed by atoms with van der Waals surface area (Å²) in [6, 6.07) is 4.25. The maximum atomic E-state index is 13.0. The van der Waals surface area contributed by atoms with Crippen molar-refractivity contribution in [2.75, 3.05) is 58.9 Å². The SMILES string of the molecule is O=C(CN1CCN(C(=O)C2CCN(C(=O)c3ccc(C(F)(F)F)cc3)CC2)CC1)N1CCCCC1. The standard InChI is InChI=1S/C25H33F3N4O3/c26-25(27,28)21-6-4-19(5-7-21)23(34)31-12-8-20(9-13-31)24(35)32-16-14-29(15-17-32)18-22(33)30-10-2-1-3-11-30/h4-7,20H,1-3,8-18H2. The molecule has 0 atom stereocenters. The first-order valence-electron chi connectivity index (χ1n) is 12.5. The molecule has 192 valence electrons. The Hall–Kier alpha value is -2.62. The summed E-state index contributed by atoms with van der Waals surface area (Å²) in [7, 11) is 0. The molecule has 0 spiro atoms.